The van der Waals surface area contributed by atoms with Gasteiger partial charge in [0.25, 0.3) is 5.69 Å². The molecule has 0 unspecified atom stereocenters. The molecule has 0 bridgehead atoms. The number of rotatable bonds is 3. The molecule has 0 saturated heterocycles. The number of carbonyl (C=O) groups excluding carboxylic acids is 1. The van der Waals surface area contributed by atoms with Crippen molar-refractivity contribution in [1.29, 1.82) is 0 Å². The average Bonchev–Trinajstić information content (AvgIpc) is 2.48. The molecule has 0 radical (unpaired) electrons. The van der Waals surface area contributed by atoms with Gasteiger partial charge >= 0.3 is 0 Å². The Morgan fingerprint density at radius 1 is 1.05 bits per heavy atom. The molecule has 1 N–H and O–H groups in total. The van der Waals surface area contributed by atoms with Crippen molar-refractivity contribution in [3.05, 3.63) is 80.7 Å². The van der Waals surface area contributed by atoms with Crippen molar-refractivity contribution >= 4 is 11.5 Å². The normalized spacial score (nSPS) is 9.00. The van der Waals surface area contributed by atoms with Gasteiger partial charge in [0.1, 0.15) is 0 Å². The summed E-state index contributed by atoms with van der Waals surface area (Å²) < 4.78 is 0. The van der Waals surface area contributed by atoms with Gasteiger partial charge in [-0.3, -0.25) is 14.9 Å². The molecule has 2 aromatic carbocycles. The second-order valence-electron chi connectivity index (χ2n) is 3.58. The van der Waals surface area contributed by atoms with Crippen molar-refractivity contribution in [1.82, 2.24) is 0 Å². The Morgan fingerprint density at radius 2 is 1.60 bits per heavy atom. The summed E-state index contributed by atoms with van der Waals surface area (Å²) in [6.45, 7) is 0. The van der Waals surface area contributed by atoms with E-state index in [-0.39, 0.29) is 11.5 Å². The molecule has 0 aliphatic rings. The van der Waals surface area contributed by atoms with Crippen molar-refractivity contribution in [2.75, 3.05) is 0 Å². The standard InChI is InChI=1S/C13H9NO3.HNO2/c15-13(10-5-2-1-3-6-10)11-7-4-8-12(9-11)14(16)17;2-1-3/h1-9H;(H,2,3). The number of hydrogen-bond donors (Lipinski definition) is 1. The summed E-state index contributed by atoms with van der Waals surface area (Å²) in [5.74, 6) is -0.214. The quantitative estimate of drug-likeness (QED) is 0.400. The molecule has 102 valence electrons. The Bertz CT molecular complexity index is 613. The van der Waals surface area contributed by atoms with Gasteiger partial charge in [0.15, 0.2) is 11.1 Å². The highest BCUT2D eigenvalue weighted by atomic mass is 16.6. The van der Waals surface area contributed by atoms with Crippen LogP contribution in [0.3, 0.4) is 0 Å². The Balaban J connectivity index is 0.000000612. The van der Waals surface area contributed by atoms with E-state index in [4.69, 9.17) is 10.1 Å². The highest BCUT2D eigenvalue weighted by Gasteiger charge is 2.12. The highest BCUT2D eigenvalue weighted by molar-refractivity contribution is 6.09. The molecule has 0 aromatic heterocycles. The summed E-state index contributed by atoms with van der Waals surface area (Å²) in [5, 5.41) is 18.5. The van der Waals surface area contributed by atoms with Crippen LogP contribution in [0.15, 0.2) is 59.9 Å². The molecule has 0 aliphatic heterocycles. The van der Waals surface area contributed by atoms with Gasteiger partial charge in [0, 0.05) is 23.3 Å². The first kappa shape index (κ1) is 15.0. The number of carbonyl (C=O) groups is 1. The molecule has 7 heteroatoms. The first-order valence-electron chi connectivity index (χ1n) is 5.41. The van der Waals surface area contributed by atoms with E-state index in [9.17, 15) is 14.9 Å². The molecule has 0 saturated carbocycles. The van der Waals surface area contributed by atoms with Crippen LogP contribution in [0.5, 0.6) is 0 Å². The molecule has 2 rings (SSSR count). The Morgan fingerprint density at radius 3 is 2.15 bits per heavy atom. The lowest BCUT2D eigenvalue weighted by Crippen LogP contribution is -2.01. The van der Waals surface area contributed by atoms with Gasteiger partial charge in [0.2, 0.25) is 0 Å². The molecule has 7 nitrogen and oxygen atoms in total. The fourth-order valence-electron chi connectivity index (χ4n) is 1.52. The monoisotopic (exact) mass is 274 g/mol. The molecule has 0 heterocycles. The molecule has 20 heavy (non-hydrogen) atoms. The van der Waals surface area contributed by atoms with Crippen LogP contribution in [0.25, 0.3) is 0 Å². The Kier molecular flexibility index (Phi) is 5.51. The average molecular weight is 274 g/mol. The van der Waals surface area contributed by atoms with Crippen molar-refractivity contribution in [2.45, 2.75) is 0 Å². The lowest BCUT2D eigenvalue weighted by atomic mass is 10.0. The minimum Gasteiger partial charge on any atom is -0.379 e. The van der Waals surface area contributed by atoms with E-state index < -0.39 is 4.92 Å². The maximum atomic E-state index is 12.0. The van der Waals surface area contributed by atoms with Gasteiger partial charge in [-0.2, -0.15) is 0 Å². The minimum atomic E-state index is -0.512. The van der Waals surface area contributed by atoms with Crippen LogP contribution in [0.2, 0.25) is 0 Å². The second kappa shape index (κ2) is 7.37. The molecular weight excluding hydrogens is 264 g/mol. The van der Waals surface area contributed by atoms with Crippen molar-refractivity contribution in [3.63, 3.8) is 0 Å². The van der Waals surface area contributed by atoms with Crippen LogP contribution in [0.1, 0.15) is 15.9 Å². The first-order chi connectivity index (χ1) is 9.60. The van der Waals surface area contributed by atoms with E-state index in [0.29, 0.717) is 11.1 Å². The van der Waals surface area contributed by atoms with E-state index in [1.54, 1.807) is 30.3 Å². The maximum absolute atomic E-state index is 12.0. The van der Waals surface area contributed by atoms with E-state index in [2.05, 4.69) is 0 Å². The molecule has 0 atom stereocenters. The van der Waals surface area contributed by atoms with Crippen LogP contribution in [0, 0.1) is 15.0 Å². The van der Waals surface area contributed by atoms with E-state index in [0.717, 1.165) is 0 Å². The van der Waals surface area contributed by atoms with E-state index in [1.807, 2.05) is 6.07 Å². The van der Waals surface area contributed by atoms with E-state index in [1.165, 1.54) is 23.5 Å². The van der Waals surface area contributed by atoms with Crippen LogP contribution in [-0.2, 0) is 0 Å². The van der Waals surface area contributed by atoms with Crippen molar-refractivity contribution < 1.29 is 14.9 Å². The predicted octanol–water partition coefficient (Wildman–Crippen LogP) is 2.97. The predicted molar refractivity (Wildman–Crippen MR) is 70.6 cm³/mol. The number of benzene rings is 2. The first-order valence-corrected chi connectivity index (χ1v) is 5.41. The summed E-state index contributed by atoms with van der Waals surface area (Å²) >= 11 is 0. The van der Waals surface area contributed by atoms with Crippen LogP contribution in [0.4, 0.5) is 5.69 Å². The number of nitro benzene ring substituents is 1. The Labute approximate surface area is 113 Å². The van der Waals surface area contributed by atoms with Crippen LogP contribution in [-0.4, -0.2) is 15.9 Å². The summed E-state index contributed by atoms with van der Waals surface area (Å²) in [7, 11) is 0. The maximum Gasteiger partial charge on any atom is 0.270 e. The zero-order chi connectivity index (χ0) is 15.0. The molecular formula is C13H10N2O5. The number of hydrogen-bond acceptors (Lipinski definition) is 5. The molecule has 0 amide bonds. The van der Waals surface area contributed by atoms with Crippen LogP contribution < -0.4 is 0 Å². The zero-order valence-corrected chi connectivity index (χ0v) is 10.2. The summed E-state index contributed by atoms with van der Waals surface area (Å²) in [4.78, 5) is 30.2. The van der Waals surface area contributed by atoms with Gasteiger partial charge in [0.05, 0.1) is 4.92 Å². The number of nitrogens with zero attached hydrogens (tertiary/aromatic N) is 2. The van der Waals surface area contributed by atoms with Gasteiger partial charge in [-0.05, 0) is 0 Å². The van der Waals surface area contributed by atoms with Crippen molar-refractivity contribution in [3.8, 4) is 0 Å². The topological polar surface area (TPSA) is 110 Å². The Hall–Kier alpha value is -3.09. The molecule has 0 aliphatic carbocycles. The van der Waals surface area contributed by atoms with Gasteiger partial charge < -0.3 is 5.21 Å². The van der Waals surface area contributed by atoms with Gasteiger partial charge in [-0.15, -0.1) is 4.91 Å². The van der Waals surface area contributed by atoms with Crippen LogP contribution >= 0.6 is 0 Å². The fourth-order valence-corrected chi connectivity index (χ4v) is 1.52. The lowest BCUT2D eigenvalue weighted by Gasteiger charge is -2.00. The lowest BCUT2D eigenvalue weighted by molar-refractivity contribution is -0.384. The zero-order valence-electron chi connectivity index (χ0n) is 10.2. The number of nitro groups is 1. The fraction of sp³-hybridized carbons (Fsp3) is 0. The third kappa shape index (κ3) is 3.98. The third-order valence-electron chi connectivity index (χ3n) is 2.36. The smallest absolute Gasteiger partial charge is 0.270 e. The number of non-ortho nitro benzene ring substituents is 1. The third-order valence-corrected chi connectivity index (χ3v) is 2.36. The van der Waals surface area contributed by atoms with Gasteiger partial charge in [-0.25, -0.2) is 0 Å². The molecule has 0 spiro atoms. The van der Waals surface area contributed by atoms with Gasteiger partial charge in [-0.1, -0.05) is 42.5 Å². The summed E-state index contributed by atoms with van der Waals surface area (Å²) in [6, 6.07) is 14.4. The molecule has 0 fully saturated rings. The summed E-state index contributed by atoms with van der Waals surface area (Å²) in [6.07, 6.45) is 0. The minimum absolute atomic E-state index is 0.0771. The summed E-state index contributed by atoms with van der Waals surface area (Å²) in [5.41, 5.74) is 0.769. The second-order valence-corrected chi connectivity index (χ2v) is 3.58. The highest BCUT2D eigenvalue weighted by Crippen LogP contribution is 2.16. The van der Waals surface area contributed by atoms with E-state index >= 15 is 0 Å². The van der Waals surface area contributed by atoms with Crippen molar-refractivity contribution in [2.24, 2.45) is 5.34 Å². The SMILES string of the molecule is O=C(c1ccccc1)c1cccc([N+](=O)[O-])c1.O=NO. The largest absolute Gasteiger partial charge is 0.379 e. The number of ketones is 1. The molecule has 2 aromatic rings.